The van der Waals surface area contributed by atoms with E-state index in [2.05, 4.69) is 0 Å². The zero-order chi connectivity index (χ0) is 5.21. The van der Waals surface area contributed by atoms with Crippen LogP contribution in [-0.4, -0.2) is 13.0 Å². The van der Waals surface area contributed by atoms with Crippen LogP contribution in [0.3, 0.4) is 0 Å². The molecule has 0 rings (SSSR count). The molecule has 0 aromatic carbocycles. The van der Waals surface area contributed by atoms with Crippen LogP contribution in [0.2, 0.25) is 0 Å². The van der Waals surface area contributed by atoms with Gasteiger partial charge in [0.05, 0.1) is 0 Å². The number of nitrogens with one attached hydrogen (secondary N) is 1. The molecule has 0 heterocycles. The maximum Gasteiger partial charge on any atom is 0.342 e. The molecule has 0 aliphatic carbocycles. The Morgan fingerprint density at radius 3 is 1.83 bits per heavy atom. The third-order valence-electron chi connectivity index (χ3n) is 0.0975. The van der Waals surface area contributed by atoms with Crippen molar-refractivity contribution in [3.05, 3.63) is 0 Å². The SMILES string of the molecule is O=S(=O)(O)NI. The van der Waals surface area contributed by atoms with Crippen LogP contribution >= 0.6 is 22.9 Å². The predicted octanol–water partition coefficient (Wildman–Crippen LogP) is -0.271. The fraction of sp³-hybridized carbons (Fsp3) is 0. The standard InChI is InChI=1S/H2INO3S/c1-2-6(3,4)5/h2H,(H,3,4,5). The lowest BCUT2D eigenvalue weighted by molar-refractivity contribution is 0.482. The van der Waals surface area contributed by atoms with Gasteiger partial charge in [0, 0.05) is 22.9 Å². The molecule has 0 spiro atoms. The van der Waals surface area contributed by atoms with Crippen LogP contribution in [0.1, 0.15) is 0 Å². The Kier molecular flexibility index (Phi) is 2.26. The molecule has 6 heteroatoms. The Morgan fingerprint density at radius 1 is 1.67 bits per heavy atom. The van der Waals surface area contributed by atoms with E-state index in [4.69, 9.17) is 4.55 Å². The van der Waals surface area contributed by atoms with Crippen molar-refractivity contribution in [3.63, 3.8) is 0 Å². The first-order valence-corrected chi connectivity index (χ1v) is 3.43. The first-order valence-electron chi connectivity index (χ1n) is 0.909. The van der Waals surface area contributed by atoms with Crippen LogP contribution < -0.4 is 2.94 Å². The van der Waals surface area contributed by atoms with E-state index in [-0.39, 0.29) is 0 Å². The van der Waals surface area contributed by atoms with E-state index in [0.29, 0.717) is 0 Å². The van der Waals surface area contributed by atoms with Gasteiger partial charge in [-0.1, -0.05) is 0 Å². The minimum Gasteiger partial charge on any atom is -0.273 e. The molecular formula is H2INO3S. The van der Waals surface area contributed by atoms with Gasteiger partial charge in [0.2, 0.25) is 0 Å². The normalized spacial score (nSPS) is 11.7. The molecule has 0 aromatic rings. The van der Waals surface area contributed by atoms with E-state index < -0.39 is 10.3 Å². The van der Waals surface area contributed by atoms with Gasteiger partial charge in [-0.3, -0.25) is 4.55 Å². The predicted molar refractivity (Wildman–Crippen MR) is 28.7 cm³/mol. The molecule has 0 bridgehead atoms. The minimum atomic E-state index is -3.93. The zero-order valence-electron chi connectivity index (χ0n) is 2.55. The maximum absolute atomic E-state index is 9.44. The van der Waals surface area contributed by atoms with Crippen LogP contribution in [0.4, 0.5) is 0 Å². The largest absolute Gasteiger partial charge is 0.342 e. The molecule has 0 fully saturated rings. The Morgan fingerprint density at radius 2 is 1.83 bits per heavy atom. The Hall–Kier alpha value is 0.600. The molecule has 0 unspecified atom stereocenters. The second-order valence-corrected chi connectivity index (χ2v) is 2.98. The lowest BCUT2D eigenvalue weighted by Crippen LogP contribution is -2.09. The molecule has 0 saturated carbocycles. The van der Waals surface area contributed by atoms with Crippen molar-refractivity contribution in [3.8, 4) is 0 Å². The monoisotopic (exact) mass is 223 g/mol. The van der Waals surface area contributed by atoms with Gasteiger partial charge in [-0.15, -0.1) is 2.94 Å². The second kappa shape index (κ2) is 2.05. The van der Waals surface area contributed by atoms with Crippen LogP contribution in [-0.2, 0) is 10.3 Å². The highest BCUT2D eigenvalue weighted by Crippen LogP contribution is 1.75. The molecule has 6 heavy (non-hydrogen) atoms. The fourth-order valence-electron chi connectivity index (χ4n) is 0. The lowest BCUT2D eigenvalue weighted by atomic mass is 13.9. The van der Waals surface area contributed by atoms with E-state index >= 15 is 0 Å². The van der Waals surface area contributed by atoms with Crippen molar-refractivity contribution in [2.75, 3.05) is 0 Å². The van der Waals surface area contributed by atoms with E-state index in [1.54, 1.807) is 2.94 Å². The quantitative estimate of drug-likeness (QED) is 0.365. The molecule has 0 aromatic heterocycles. The summed E-state index contributed by atoms with van der Waals surface area (Å²) in [5, 5.41) is 0. The van der Waals surface area contributed by atoms with Gasteiger partial charge in [-0.05, 0) is 0 Å². The van der Waals surface area contributed by atoms with Crippen molar-refractivity contribution in [2.24, 2.45) is 0 Å². The number of hydrogen-bond acceptors (Lipinski definition) is 2. The lowest BCUT2D eigenvalue weighted by Gasteiger charge is -1.81. The third kappa shape index (κ3) is 4.60. The number of hydrogen-bond donors (Lipinski definition) is 2. The van der Waals surface area contributed by atoms with Crippen LogP contribution in [0.25, 0.3) is 0 Å². The van der Waals surface area contributed by atoms with E-state index in [1.807, 2.05) is 0 Å². The summed E-state index contributed by atoms with van der Waals surface area (Å²) in [6.45, 7) is 0. The molecule has 2 N–H and O–H groups in total. The molecule has 0 atom stereocenters. The van der Waals surface area contributed by atoms with E-state index in [9.17, 15) is 8.42 Å². The summed E-state index contributed by atoms with van der Waals surface area (Å²) < 4.78 is 28.2. The smallest absolute Gasteiger partial charge is 0.273 e. The van der Waals surface area contributed by atoms with Gasteiger partial charge < -0.3 is 0 Å². The third-order valence-corrected chi connectivity index (χ3v) is 1.96. The summed E-state index contributed by atoms with van der Waals surface area (Å²) in [6, 6.07) is 0. The van der Waals surface area contributed by atoms with Crippen molar-refractivity contribution in [2.45, 2.75) is 0 Å². The molecule has 0 radical (unpaired) electrons. The average Bonchev–Trinajstić information content (AvgIpc) is 1.35. The van der Waals surface area contributed by atoms with Gasteiger partial charge in [0.15, 0.2) is 0 Å². The van der Waals surface area contributed by atoms with Gasteiger partial charge in [-0.2, -0.15) is 8.42 Å². The average molecular weight is 223 g/mol. The highest BCUT2D eigenvalue weighted by molar-refractivity contribution is 14.1. The maximum atomic E-state index is 9.44. The second-order valence-electron chi connectivity index (χ2n) is 0.552. The highest BCUT2D eigenvalue weighted by Gasteiger charge is 1.93. The van der Waals surface area contributed by atoms with Crippen molar-refractivity contribution < 1.29 is 13.0 Å². The minimum absolute atomic E-state index is 1.31. The molecule has 4 nitrogen and oxygen atoms in total. The molecular weight excluding hydrogens is 221 g/mol. The Bertz CT molecular complexity index is 113. The van der Waals surface area contributed by atoms with Crippen molar-refractivity contribution >= 4 is 33.2 Å². The Labute approximate surface area is 49.3 Å². The van der Waals surface area contributed by atoms with Gasteiger partial charge >= 0.3 is 10.3 Å². The van der Waals surface area contributed by atoms with Crippen LogP contribution in [0, 0.1) is 0 Å². The summed E-state index contributed by atoms with van der Waals surface area (Å²) >= 11 is 1.31. The topological polar surface area (TPSA) is 66.4 Å². The fourth-order valence-corrected chi connectivity index (χ4v) is 0. The summed E-state index contributed by atoms with van der Waals surface area (Å²) in [5.74, 6) is 0. The van der Waals surface area contributed by atoms with Crippen LogP contribution in [0.5, 0.6) is 0 Å². The summed E-state index contributed by atoms with van der Waals surface area (Å²) in [6.07, 6.45) is 0. The molecule has 0 aliphatic heterocycles. The number of rotatable bonds is 1. The van der Waals surface area contributed by atoms with E-state index in [1.165, 1.54) is 22.9 Å². The van der Waals surface area contributed by atoms with Gasteiger partial charge in [0.25, 0.3) is 0 Å². The van der Waals surface area contributed by atoms with Crippen molar-refractivity contribution in [1.82, 2.24) is 2.94 Å². The van der Waals surface area contributed by atoms with Gasteiger partial charge in [-0.25, -0.2) is 0 Å². The molecule has 0 aliphatic rings. The van der Waals surface area contributed by atoms with Crippen molar-refractivity contribution in [1.29, 1.82) is 0 Å². The number of halogens is 1. The zero-order valence-corrected chi connectivity index (χ0v) is 5.52. The Balaban J connectivity index is 3.85. The first-order chi connectivity index (χ1) is 2.56. The highest BCUT2D eigenvalue weighted by atomic mass is 127. The van der Waals surface area contributed by atoms with Crippen LogP contribution in [0.15, 0.2) is 0 Å². The van der Waals surface area contributed by atoms with E-state index in [0.717, 1.165) is 0 Å². The molecule has 0 amide bonds. The summed E-state index contributed by atoms with van der Waals surface area (Å²) in [5.41, 5.74) is 0. The first kappa shape index (κ1) is 6.60. The summed E-state index contributed by atoms with van der Waals surface area (Å²) in [4.78, 5) is 0. The van der Waals surface area contributed by atoms with Gasteiger partial charge in [0.1, 0.15) is 0 Å². The molecule has 0 saturated heterocycles. The summed E-state index contributed by atoms with van der Waals surface area (Å²) in [7, 11) is -3.93. The molecule has 38 valence electrons.